The number of aliphatic carboxylic acids is 1. The predicted molar refractivity (Wildman–Crippen MR) is 98.3 cm³/mol. The van der Waals surface area contributed by atoms with Gasteiger partial charge in [-0.05, 0) is 35.4 Å². The summed E-state index contributed by atoms with van der Waals surface area (Å²) >= 11 is 6.19. The van der Waals surface area contributed by atoms with Gasteiger partial charge in [-0.25, -0.2) is 4.39 Å². The first kappa shape index (κ1) is 16.5. The number of hydrogen-bond donors (Lipinski definition) is 1. The molecule has 2 heterocycles. The van der Waals surface area contributed by atoms with Gasteiger partial charge in [0.15, 0.2) is 0 Å². The highest BCUT2D eigenvalue weighted by Crippen LogP contribution is 2.35. The minimum absolute atomic E-state index is 0.125. The molecule has 0 unspecified atom stereocenters. The van der Waals surface area contributed by atoms with Gasteiger partial charge >= 0.3 is 5.97 Å². The second-order valence-corrected chi connectivity index (χ2v) is 6.53. The predicted octanol–water partition coefficient (Wildman–Crippen LogP) is 4.38. The number of aromatic nitrogens is 1. The minimum atomic E-state index is -0.915. The molecule has 3 aromatic rings. The van der Waals surface area contributed by atoms with Crippen LogP contribution in [-0.2, 0) is 17.9 Å². The molecule has 4 nitrogen and oxygen atoms in total. The van der Waals surface area contributed by atoms with Crippen molar-refractivity contribution in [1.82, 2.24) is 4.57 Å². The van der Waals surface area contributed by atoms with Gasteiger partial charge in [0.2, 0.25) is 0 Å². The maximum atomic E-state index is 14.4. The zero-order valence-corrected chi connectivity index (χ0v) is 14.4. The molecule has 26 heavy (non-hydrogen) atoms. The van der Waals surface area contributed by atoms with Crippen LogP contribution in [0, 0.1) is 5.82 Å². The Hall–Kier alpha value is -2.92. The summed E-state index contributed by atoms with van der Waals surface area (Å²) in [4.78, 5) is 15.6. The molecule has 1 N–H and O–H groups in total. The number of benzene rings is 2. The number of aliphatic imine (C=N–C) groups is 1. The fraction of sp³-hybridized carbons (Fsp3) is 0.100. The molecule has 2 aromatic carbocycles. The van der Waals surface area contributed by atoms with Crippen LogP contribution in [0.25, 0.3) is 11.1 Å². The highest BCUT2D eigenvalue weighted by atomic mass is 35.5. The summed E-state index contributed by atoms with van der Waals surface area (Å²) in [5.74, 6) is -1.26. The van der Waals surface area contributed by atoms with E-state index in [-0.39, 0.29) is 12.4 Å². The van der Waals surface area contributed by atoms with Crippen molar-refractivity contribution in [3.8, 4) is 11.1 Å². The molecule has 0 amide bonds. The van der Waals surface area contributed by atoms with Gasteiger partial charge < -0.3 is 9.67 Å². The lowest BCUT2D eigenvalue weighted by Crippen LogP contribution is -2.08. The van der Waals surface area contributed by atoms with Crippen LogP contribution in [-0.4, -0.2) is 21.4 Å². The van der Waals surface area contributed by atoms with Gasteiger partial charge in [0, 0.05) is 34.1 Å². The quantitative estimate of drug-likeness (QED) is 0.745. The van der Waals surface area contributed by atoms with Crippen LogP contribution in [0.5, 0.6) is 0 Å². The summed E-state index contributed by atoms with van der Waals surface area (Å²) in [6.45, 7) is 0.206. The molecule has 4 rings (SSSR count). The number of halogens is 2. The Labute approximate surface area is 154 Å². The van der Waals surface area contributed by atoms with Crippen molar-refractivity contribution in [2.45, 2.75) is 13.1 Å². The molecule has 0 radical (unpaired) electrons. The third kappa shape index (κ3) is 2.91. The van der Waals surface area contributed by atoms with Gasteiger partial charge in [-0.3, -0.25) is 9.79 Å². The number of nitrogens with zero attached hydrogens (tertiary/aromatic N) is 2. The fourth-order valence-corrected chi connectivity index (χ4v) is 3.42. The van der Waals surface area contributed by atoms with Crippen LogP contribution in [0.1, 0.15) is 16.7 Å². The van der Waals surface area contributed by atoms with Gasteiger partial charge in [-0.15, -0.1) is 0 Å². The lowest BCUT2D eigenvalue weighted by molar-refractivity contribution is -0.137. The van der Waals surface area contributed by atoms with Crippen LogP contribution in [0.15, 0.2) is 59.9 Å². The van der Waals surface area contributed by atoms with E-state index in [1.54, 1.807) is 47.3 Å². The maximum absolute atomic E-state index is 14.4. The van der Waals surface area contributed by atoms with Gasteiger partial charge in [-0.1, -0.05) is 29.8 Å². The number of fused-ring (bicyclic) bond motifs is 3. The van der Waals surface area contributed by atoms with Crippen LogP contribution in [0.3, 0.4) is 0 Å². The van der Waals surface area contributed by atoms with Gasteiger partial charge in [0.05, 0.1) is 12.3 Å². The number of carbonyl (C=O) groups is 1. The molecule has 0 aliphatic carbocycles. The Morgan fingerprint density at radius 2 is 1.92 bits per heavy atom. The van der Waals surface area contributed by atoms with Crippen molar-refractivity contribution >= 4 is 23.3 Å². The van der Waals surface area contributed by atoms with Crippen molar-refractivity contribution < 1.29 is 14.3 Å². The number of carboxylic acid groups (broad SMARTS) is 1. The molecule has 1 aliphatic heterocycles. The third-order valence-corrected chi connectivity index (χ3v) is 4.58. The molecule has 1 aromatic heterocycles. The lowest BCUT2D eigenvalue weighted by Gasteiger charge is -2.11. The van der Waals surface area contributed by atoms with E-state index >= 15 is 0 Å². The number of carboxylic acids is 1. The molecule has 0 saturated heterocycles. The van der Waals surface area contributed by atoms with E-state index in [2.05, 4.69) is 4.99 Å². The summed E-state index contributed by atoms with van der Waals surface area (Å²) in [6, 6.07) is 11.9. The molecule has 1 aliphatic rings. The standard InChI is InChI=1S/C20H14ClFN2O2/c21-13-5-6-14-16(7-13)20(15-3-1-2-4-18(15)22)23-8-12-9-24(10-17(12)14)11-19(25)26/h1-7,9-10H,8,11H2,(H,25,26). The van der Waals surface area contributed by atoms with E-state index in [0.29, 0.717) is 22.8 Å². The smallest absolute Gasteiger partial charge is 0.323 e. The van der Waals surface area contributed by atoms with E-state index in [1.807, 2.05) is 6.07 Å². The first-order valence-corrected chi connectivity index (χ1v) is 8.41. The summed E-state index contributed by atoms with van der Waals surface area (Å²) in [6.07, 6.45) is 3.56. The van der Waals surface area contributed by atoms with Gasteiger partial charge in [-0.2, -0.15) is 0 Å². The Bertz CT molecular complexity index is 1060. The van der Waals surface area contributed by atoms with E-state index < -0.39 is 5.97 Å². The van der Waals surface area contributed by atoms with Crippen molar-refractivity contribution in [2.75, 3.05) is 0 Å². The van der Waals surface area contributed by atoms with Crippen molar-refractivity contribution in [3.63, 3.8) is 0 Å². The molecule has 0 saturated carbocycles. The molecule has 6 heteroatoms. The van der Waals surface area contributed by atoms with Crippen LogP contribution < -0.4 is 0 Å². The molecule has 0 atom stereocenters. The zero-order chi connectivity index (χ0) is 18.3. The van der Waals surface area contributed by atoms with Crippen molar-refractivity contribution in [3.05, 3.63) is 82.4 Å². The second kappa shape index (κ2) is 6.42. The highest BCUT2D eigenvalue weighted by Gasteiger charge is 2.22. The van der Waals surface area contributed by atoms with E-state index in [4.69, 9.17) is 16.7 Å². The monoisotopic (exact) mass is 368 g/mol. The highest BCUT2D eigenvalue weighted by molar-refractivity contribution is 6.31. The average molecular weight is 369 g/mol. The van der Waals surface area contributed by atoms with Gasteiger partial charge in [0.25, 0.3) is 0 Å². The first-order chi connectivity index (χ1) is 12.5. The fourth-order valence-electron chi connectivity index (χ4n) is 3.25. The second-order valence-electron chi connectivity index (χ2n) is 6.10. The van der Waals surface area contributed by atoms with E-state index in [1.165, 1.54) is 6.07 Å². The Morgan fingerprint density at radius 3 is 2.69 bits per heavy atom. The average Bonchev–Trinajstić information content (AvgIpc) is 2.92. The van der Waals surface area contributed by atoms with Crippen molar-refractivity contribution in [1.29, 1.82) is 0 Å². The maximum Gasteiger partial charge on any atom is 0.323 e. The molecular weight excluding hydrogens is 355 g/mol. The van der Waals surface area contributed by atoms with Crippen molar-refractivity contribution in [2.24, 2.45) is 4.99 Å². The van der Waals surface area contributed by atoms with Crippen LogP contribution in [0.2, 0.25) is 5.02 Å². The molecule has 0 bridgehead atoms. The van der Waals surface area contributed by atoms with Crippen LogP contribution in [0.4, 0.5) is 4.39 Å². The summed E-state index contributed by atoms with van der Waals surface area (Å²) in [7, 11) is 0. The number of rotatable bonds is 3. The molecule has 130 valence electrons. The third-order valence-electron chi connectivity index (χ3n) is 4.34. The topological polar surface area (TPSA) is 54.6 Å². The Kier molecular flexibility index (Phi) is 4.09. The minimum Gasteiger partial charge on any atom is -0.480 e. The largest absolute Gasteiger partial charge is 0.480 e. The first-order valence-electron chi connectivity index (χ1n) is 8.03. The SMILES string of the molecule is O=C(O)Cn1cc2c(c1)-c1ccc(Cl)cc1C(c1ccccc1F)=NC2. The zero-order valence-electron chi connectivity index (χ0n) is 13.6. The Morgan fingerprint density at radius 1 is 1.12 bits per heavy atom. The summed E-state index contributed by atoms with van der Waals surface area (Å²) < 4.78 is 16.0. The van der Waals surface area contributed by atoms with Crippen LogP contribution >= 0.6 is 11.6 Å². The summed E-state index contributed by atoms with van der Waals surface area (Å²) in [5, 5.41) is 9.56. The van der Waals surface area contributed by atoms with Gasteiger partial charge in [0.1, 0.15) is 12.4 Å². The summed E-state index contributed by atoms with van der Waals surface area (Å²) in [5.41, 5.74) is 4.32. The van der Waals surface area contributed by atoms with E-state index in [9.17, 15) is 9.18 Å². The molecule has 0 spiro atoms. The normalized spacial score (nSPS) is 12.8. The molecule has 0 fully saturated rings. The van der Waals surface area contributed by atoms with E-state index in [0.717, 1.165) is 22.3 Å². The lowest BCUT2D eigenvalue weighted by atomic mass is 9.94. The Balaban J connectivity index is 1.92. The number of hydrogen-bond acceptors (Lipinski definition) is 2. The molecular formula is C20H14ClFN2O2.